The predicted molar refractivity (Wildman–Crippen MR) is 56.2 cm³/mol. The summed E-state index contributed by atoms with van der Waals surface area (Å²) >= 11 is 0. The number of hydrogen-bond acceptors (Lipinski definition) is 3. The van der Waals surface area contributed by atoms with Gasteiger partial charge in [-0.2, -0.15) is 10.4 Å². The molecule has 0 spiro atoms. The van der Waals surface area contributed by atoms with Gasteiger partial charge in [0.15, 0.2) is 0 Å². The number of aromatic nitrogens is 2. The average Bonchev–Trinajstić information content (AvgIpc) is 2.78. The van der Waals surface area contributed by atoms with Gasteiger partial charge in [-0.05, 0) is 17.7 Å². The Labute approximate surface area is 87.6 Å². The van der Waals surface area contributed by atoms with E-state index in [-0.39, 0.29) is 0 Å². The van der Waals surface area contributed by atoms with E-state index in [1.807, 2.05) is 30.3 Å². The fourth-order valence-electron chi connectivity index (χ4n) is 1.35. The highest BCUT2D eigenvalue weighted by Crippen LogP contribution is 2.10. The molecule has 0 saturated carbocycles. The van der Waals surface area contributed by atoms with Crippen molar-refractivity contribution in [2.24, 2.45) is 5.73 Å². The molecule has 2 rings (SSSR count). The lowest BCUT2D eigenvalue weighted by atomic mass is 10.2. The molecular formula is C11H10N4. The highest BCUT2D eigenvalue weighted by Gasteiger charge is 2.00. The fourth-order valence-corrected chi connectivity index (χ4v) is 1.35. The Bertz CT molecular complexity index is 507. The van der Waals surface area contributed by atoms with Crippen molar-refractivity contribution in [2.45, 2.75) is 6.54 Å². The van der Waals surface area contributed by atoms with Crippen LogP contribution in [0, 0.1) is 11.3 Å². The second-order valence-electron chi connectivity index (χ2n) is 3.16. The van der Waals surface area contributed by atoms with Crippen LogP contribution in [0.2, 0.25) is 0 Å². The van der Waals surface area contributed by atoms with Crippen molar-refractivity contribution in [2.75, 3.05) is 0 Å². The first-order chi connectivity index (χ1) is 7.33. The number of nitriles is 1. The normalized spacial score (nSPS) is 9.87. The largest absolute Gasteiger partial charge is 0.326 e. The minimum atomic E-state index is 0.500. The lowest BCUT2D eigenvalue weighted by Crippen LogP contribution is -1.99. The minimum absolute atomic E-state index is 0.500. The minimum Gasteiger partial charge on any atom is -0.326 e. The van der Waals surface area contributed by atoms with E-state index >= 15 is 0 Å². The molecule has 15 heavy (non-hydrogen) atoms. The molecule has 4 nitrogen and oxygen atoms in total. The van der Waals surface area contributed by atoms with Crippen LogP contribution < -0.4 is 5.73 Å². The molecule has 0 radical (unpaired) electrons. The Morgan fingerprint density at radius 2 is 2.33 bits per heavy atom. The number of benzene rings is 1. The van der Waals surface area contributed by atoms with Crippen molar-refractivity contribution in [3.05, 3.63) is 47.8 Å². The van der Waals surface area contributed by atoms with E-state index < -0.39 is 0 Å². The van der Waals surface area contributed by atoms with Gasteiger partial charge in [-0.3, -0.25) is 0 Å². The van der Waals surface area contributed by atoms with Crippen molar-refractivity contribution >= 4 is 0 Å². The second-order valence-corrected chi connectivity index (χ2v) is 3.16. The first kappa shape index (κ1) is 9.44. The molecule has 0 amide bonds. The van der Waals surface area contributed by atoms with Crippen molar-refractivity contribution in [1.29, 1.82) is 5.26 Å². The van der Waals surface area contributed by atoms with Gasteiger partial charge < -0.3 is 5.73 Å². The van der Waals surface area contributed by atoms with E-state index in [4.69, 9.17) is 11.0 Å². The Hall–Kier alpha value is -2.12. The summed E-state index contributed by atoms with van der Waals surface area (Å²) in [5, 5.41) is 12.8. The standard InChI is InChI=1S/C11H10N4/c12-5-9-2-1-3-11(4-9)15-8-10(6-13)7-14-15/h1-4,7-8H,5,12H2. The highest BCUT2D eigenvalue weighted by atomic mass is 15.3. The summed E-state index contributed by atoms with van der Waals surface area (Å²) in [7, 11) is 0. The van der Waals surface area contributed by atoms with Crippen LogP contribution in [-0.2, 0) is 6.54 Å². The third-order valence-corrected chi connectivity index (χ3v) is 2.12. The third-order valence-electron chi connectivity index (χ3n) is 2.12. The first-order valence-corrected chi connectivity index (χ1v) is 4.57. The molecule has 0 bridgehead atoms. The van der Waals surface area contributed by atoms with Gasteiger partial charge in [0.2, 0.25) is 0 Å². The summed E-state index contributed by atoms with van der Waals surface area (Å²) < 4.78 is 1.66. The van der Waals surface area contributed by atoms with Crippen LogP contribution in [0.15, 0.2) is 36.7 Å². The van der Waals surface area contributed by atoms with Crippen molar-refractivity contribution in [1.82, 2.24) is 9.78 Å². The van der Waals surface area contributed by atoms with Crippen molar-refractivity contribution in [3.8, 4) is 11.8 Å². The topological polar surface area (TPSA) is 67.6 Å². The maximum atomic E-state index is 8.68. The molecule has 0 aliphatic rings. The maximum absolute atomic E-state index is 8.68. The zero-order chi connectivity index (χ0) is 10.7. The van der Waals surface area contributed by atoms with Gasteiger partial charge in [-0.25, -0.2) is 4.68 Å². The third kappa shape index (κ3) is 1.87. The Morgan fingerprint density at radius 3 is 3.00 bits per heavy atom. The zero-order valence-corrected chi connectivity index (χ0v) is 8.09. The quantitative estimate of drug-likeness (QED) is 0.788. The monoisotopic (exact) mass is 198 g/mol. The lowest BCUT2D eigenvalue weighted by Gasteiger charge is -2.02. The highest BCUT2D eigenvalue weighted by molar-refractivity contribution is 5.37. The van der Waals surface area contributed by atoms with E-state index in [9.17, 15) is 0 Å². The van der Waals surface area contributed by atoms with Crippen LogP contribution in [0.5, 0.6) is 0 Å². The predicted octanol–water partition coefficient (Wildman–Crippen LogP) is 1.20. The van der Waals surface area contributed by atoms with Crippen LogP contribution in [0.4, 0.5) is 0 Å². The van der Waals surface area contributed by atoms with E-state index in [0.717, 1.165) is 11.3 Å². The van der Waals surface area contributed by atoms with Crippen molar-refractivity contribution in [3.63, 3.8) is 0 Å². The summed E-state index contributed by atoms with van der Waals surface area (Å²) in [5.41, 5.74) is 8.05. The molecule has 1 aromatic heterocycles. The van der Waals surface area contributed by atoms with E-state index in [1.165, 1.54) is 6.20 Å². The van der Waals surface area contributed by atoms with Gasteiger partial charge in [0.05, 0.1) is 17.4 Å². The molecular weight excluding hydrogens is 188 g/mol. The summed E-state index contributed by atoms with van der Waals surface area (Å²) in [6, 6.07) is 9.79. The van der Waals surface area contributed by atoms with E-state index in [2.05, 4.69) is 5.10 Å². The van der Waals surface area contributed by atoms with Crippen LogP contribution in [0.3, 0.4) is 0 Å². The molecule has 0 saturated heterocycles. The van der Waals surface area contributed by atoms with Gasteiger partial charge in [0.1, 0.15) is 6.07 Å². The number of nitrogens with two attached hydrogens (primary N) is 1. The summed E-state index contributed by atoms with van der Waals surface area (Å²) in [6.07, 6.45) is 3.23. The molecule has 2 N–H and O–H groups in total. The number of nitrogens with zero attached hydrogens (tertiary/aromatic N) is 3. The van der Waals surface area contributed by atoms with Gasteiger partial charge in [0, 0.05) is 12.7 Å². The van der Waals surface area contributed by atoms with Gasteiger partial charge in [0.25, 0.3) is 0 Å². The molecule has 2 aromatic rings. The molecule has 1 aromatic carbocycles. The van der Waals surface area contributed by atoms with Crippen LogP contribution in [0.25, 0.3) is 5.69 Å². The zero-order valence-electron chi connectivity index (χ0n) is 8.09. The number of hydrogen-bond donors (Lipinski definition) is 1. The van der Waals surface area contributed by atoms with Crippen molar-refractivity contribution < 1.29 is 0 Å². The molecule has 74 valence electrons. The maximum Gasteiger partial charge on any atom is 0.102 e. The average molecular weight is 198 g/mol. The van der Waals surface area contributed by atoms with Crippen LogP contribution >= 0.6 is 0 Å². The van der Waals surface area contributed by atoms with E-state index in [1.54, 1.807) is 10.9 Å². The second kappa shape index (κ2) is 3.95. The summed E-state index contributed by atoms with van der Waals surface area (Å²) in [5.74, 6) is 0. The Balaban J connectivity index is 2.41. The van der Waals surface area contributed by atoms with Gasteiger partial charge in [-0.15, -0.1) is 0 Å². The van der Waals surface area contributed by atoms with Gasteiger partial charge in [-0.1, -0.05) is 12.1 Å². The Morgan fingerprint density at radius 1 is 1.47 bits per heavy atom. The van der Waals surface area contributed by atoms with Gasteiger partial charge >= 0.3 is 0 Å². The molecule has 1 heterocycles. The summed E-state index contributed by atoms with van der Waals surface area (Å²) in [6.45, 7) is 0.500. The molecule has 0 unspecified atom stereocenters. The lowest BCUT2D eigenvalue weighted by molar-refractivity contribution is 0.876. The molecule has 0 aliphatic carbocycles. The summed E-state index contributed by atoms with van der Waals surface area (Å²) in [4.78, 5) is 0. The molecule has 0 fully saturated rings. The Kier molecular flexibility index (Phi) is 2.48. The SMILES string of the molecule is N#Cc1cnn(-c2cccc(CN)c2)c1. The molecule has 4 heteroatoms. The first-order valence-electron chi connectivity index (χ1n) is 4.57. The van der Waals surface area contributed by atoms with Crippen LogP contribution in [0.1, 0.15) is 11.1 Å². The van der Waals surface area contributed by atoms with Crippen LogP contribution in [-0.4, -0.2) is 9.78 Å². The number of rotatable bonds is 2. The smallest absolute Gasteiger partial charge is 0.102 e. The molecule has 0 aliphatic heterocycles. The molecule has 0 atom stereocenters. The van der Waals surface area contributed by atoms with E-state index in [0.29, 0.717) is 12.1 Å². The fraction of sp³-hybridized carbons (Fsp3) is 0.0909.